The van der Waals surface area contributed by atoms with E-state index in [4.69, 9.17) is 15.8 Å². The number of aromatic nitrogens is 4. The molecule has 0 aliphatic carbocycles. The quantitative estimate of drug-likeness (QED) is 0.127. The molecule has 0 bridgehead atoms. The predicted octanol–water partition coefficient (Wildman–Crippen LogP) is 12.7. The monoisotopic (exact) mass is 942 g/mol. The van der Waals surface area contributed by atoms with E-state index in [0.29, 0.717) is 0 Å². The second-order valence-corrected chi connectivity index (χ2v) is 21.2. The van der Waals surface area contributed by atoms with E-state index in [9.17, 15) is 0 Å². The molecule has 0 spiro atoms. The van der Waals surface area contributed by atoms with E-state index >= 15 is 0 Å². The summed E-state index contributed by atoms with van der Waals surface area (Å²) < 4.78 is 18.2. The Labute approximate surface area is 346 Å². The van der Waals surface area contributed by atoms with E-state index in [2.05, 4.69) is 114 Å². The number of nitrogens with zero attached hydrogens (tertiary/aromatic N) is 4. The van der Waals surface area contributed by atoms with E-state index in [1.807, 2.05) is 75.5 Å². The van der Waals surface area contributed by atoms with Crippen molar-refractivity contribution < 1.29 is 25.9 Å². The van der Waals surface area contributed by atoms with Gasteiger partial charge in [-0.3, -0.25) is 4.98 Å². The fraction of sp³-hybridized carbons (Fsp3) is 0.146. The van der Waals surface area contributed by atoms with Crippen LogP contribution in [0.1, 0.15) is 32.4 Å². The molecule has 279 valence electrons. The summed E-state index contributed by atoms with van der Waals surface area (Å²) in [6.45, 7) is 12.8. The molecular weight excluding hydrogens is 901 g/mol. The predicted molar refractivity (Wildman–Crippen MR) is 234 cm³/mol. The summed E-state index contributed by atoms with van der Waals surface area (Å²) in [6, 6.07) is 47.8. The molecule has 0 saturated carbocycles. The van der Waals surface area contributed by atoms with Crippen molar-refractivity contribution in [3.63, 3.8) is 0 Å². The number of hydrogen-bond acceptors (Lipinski definition) is 5. The number of fused-ring (bicyclic) bond motifs is 7. The maximum atomic E-state index is 8.44. The van der Waals surface area contributed by atoms with Gasteiger partial charge in [0.25, 0.3) is 0 Å². The molecule has 5 aromatic carbocycles. The third kappa shape index (κ3) is 6.71. The van der Waals surface area contributed by atoms with Crippen molar-refractivity contribution in [2.45, 2.75) is 46.3 Å². The van der Waals surface area contributed by atoms with Gasteiger partial charge in [0, 0.05) is 44.1 Å². The number of benzene rings is 5. The van der Waals surface area contributed by atoms with Crippen LogP contribution in [0.2, 0.25) is 19.6 Å². The van der Waals surface area contributed by atoms with Crippen molar-refractivity contribution >= 4 is 77.9 Å². The van der Waals surface area contributed by atoms with E-state index < -0.39 is 14.0 Å². The first-order valence-electron chi connectivity index (χ1n) is 19.0. The van der Waals surface area contributed by atoms with Gasteiger partial charge < -0.3 is 14.0 Å². The minimum absolute atomic E-state index is 0. The van der Waals surface area contributed by atoms with Crippen molar-refractivity contribution in [2.24, 2.45) is 0 Å². The SMILES string of the molecule is Cc1ccc2c(n1)sc1c(-c3nc4ccccc4n3-c3cccc4c3oc3ccccc34)[c-]ccc12.[2H]C(C)(C)c1cc(-c2[c-]cccc2)ncc1[Si](C)(C)C.[Ir]. The van der Waals surface area contributed by atoms with Gasteiger partial charge in [0.05, 0.1) is 30.6 Å². The standard InChI is InChI=1S/C31H18N3OS.C17H22NSi.Ir/c1-18-16-17-22-21-10-6-11-23(29(21)36-31(22)32-18)30-33-24-12-3-4-13-25(24)34(30)26-14-7-9-20-19-8-2-5-15-27(19)35-28(20)26;1-13(2)15-11-16(14-9-7-6-8-10-14)18-12-17(15)19(3,4)5;/h2-10,12-17H,1H3;6-9,11-13H,1-5H3;/q2*-1;/i;13D;. The van der Waals surface area contributed by atoms with Crippen LogP contribution in [0.25, 0.3) is 81.6 Å². The minimum atomic E-state index is -1.50. The van der Waals surface area contributed by atoms with Crippen LogP contribution in [0, 0.1) is 19.1 Å². The van der Waals surface area contributed by atoms with E-state index in [1.165, 1.54) is 10.6 Å². The first kappa shape index (κ1) is 36.4. The zero-order valence-corrected chi connectivity index (χ0v) is 36.3. The molecule has 10 rings (SSSR count). The Morgan fingerprint density at radius 1 is 0.786 bits per heavy atom. The summed E-state index contributed by atoms with van der Waals surface area (Å²) in [5, 5.41) is 5.82. The maximum absolute atomic E-state index is 8.44. The third-order valence-corrected chi connectivity index (χ3v) is 13.2. The van der Waals surface area contributed by atoms with E-state index in [-0.39, 0.29) is 20.1 Å². The van der Waals surface area contributed by atoms with Crippen molar-refractivity contribution in [2.75, 3.05) is 0 Å². The Morgan fingerprint density at radius 3 is 2.38 bits per heavy atom. The molecule has 8 heteroatoms. The Hall–Kier alpha value is -5.24. The summed E-state index contributed by atoms with van der Waals surface area (Å²) in [7, 11) is -1.50. The molecule has 5 nitrogen and oxygen atoms in total. The summed E-state index contributed by atoms with van der Waals surface area (Å²) in [5.41, 5.74) is 9.63. The topological polar surface area (TPSA) is 56.7 Å². The molecule has 0 atom stereocenters. The molecule has 0 saturated heterocycles. The minimum Gasteiger partial charge on any atom is -0.454 e. The number of aryl methyl sites for hydroxylation is 1. The van der Waals surface area contributed by atoms with Gasteiger partial charge in [-0.25, -0.2) is 4.98 Å². The molecule has 0 amide bonds. The number of hydrogen-bond donors (Lipinski definition) is 0. The van der Waals surface area contributed by atoms with Crippen LogP contribution in [0.5, 0.6) is 0 Å². The number of thiophene rings is 1. The largest absolute Gasteiger partial charge is 0.454 e. The molecule has 0 aliphatic heterocycles. The summed E-state index contributed by atoms with van der Waals surface area (Å²) >= 11 is 1.70. The molecule has 0 aliphatic rings. The van der Waals surface area contributed by atoms with Gasteiger partial charge in [0.2, 0.25) is 0 Å². The molecule has 5 heterocycles. The maximum Gasteiger partial charge on any atom is 0.158 e. The van der Waals surface area contributed by atoms with Gasteiger partial charge in [0.15, 0.2) is 5.58 Å². The van der Waals surface area contributed by atoms with Gasteiger partial charge in [-0.15, -0.1) is 54.1 Å². The number of pyridine rings is 2. The average Bonchev–Trinajstić information content (AvgIpc) is 3.89. The summed E-state index contributed by atoms with van der Waals surface area (Å²) in [5.74, 6) is 0.236. The molecule has 10 aromatic rings. The van der Waals surface area contributed by atoms with Crippen LogP contribution < -0.4 is 5.19 Å². The van der Waals surface area contributed by atoms with Gasteiger partial charge >= 0.3 is 0 Å². The van der Waals surface area contributed by atoms with Gasteiger partial charge in [-0.2, -0.15) is 11.3 Å². The zero-order valence-electron chi connectivity index (χ0n) is 33.1. The van der Waals surface area contributed by atoms with Crippen molar-refractivity contribution in [1.82, 2.24) is 19.5 Å². The van der Waals surface area contributed by atoms with E-state index in [0.717, 1.165) is 87.5 Å². The number of furan rings is 1. The van der Waals surface area contributed by atoms with Crippen LogP contribution in [0.4, 0.5) is 0 Å². The number of para-hydroxylation sites is 4. The zero-order chi connectivity index (χ0) is 38.8. The van der Waals surface area contributed by atoms with Crippen molar-refractivity contribution in [1.29, 1.82) is 0 Å². The number of imidazole rings is 1. The molecule has 0 unspecified atom stereocenters. The second-order valence-electron chi connectivity index (χ2n) is 15.2. The van der Waals surface area contributed by atoms with Crippen molar-refractivity contribution in [3.8, 4) is 28.3 Å². The molecule has 5 aromatic heterocycles. The van der Waals surface area contributed by atoms with Crippen LogP contribution in [0.3, 0.4) is 0 Å². The Balaban J connectivity index is 0.000000186. The summed E-state index contributed by atoms with van der Waals surface area (Å²) in [6.07, 6.45) is 1.98. The van der Waals surface area contributed by atoms with Crippen LogP contribution in [0.15, 0.2) is 132 Å². The Morgan fingerprint density at radius 2 is 1.57 bits per heavy atom. The fourth-order valence-electron chi connectivity index (χ4n) is 7.39. The first-order valence-corrected chi connectivity index (χ1v) is 22.8. The fourth-order valence-corrected chi connectivity index (χ4v) is 10.2. The van der Waals surface area contributed by atoms with Crippen LogP contribution in [-0.2, 0) is 20.1 Å². The average molecular weight is 942 g/mol. The van der Waals surface area contributed by atoms with Gasteiger partial charge in [-0.1, -0.05) is 105 Å². The normalized spacial score (nSPS) is 12.2. The second kappa shape index (κ2) is 15.0. The first-order chi connectivity index (χ1) is 27.0. The van der Waals surface area contributed by atoms with Crippen LogP contribution in [-0.4, -0.2) is 27.6 Å². The third-order valence-electron chi connectivity index (χ3n) is 10.1. The van der Waals surface area contributed by atoms with Crippen LogP contribution >= 0.6 is 11.3 Å². The van der Waals surface area contributed by atoms with Gasteiger partial charge in [0.1, 0.15) is 10.4 Å². The van der Waals surface area contributed by atoms with Gasteiger partial charge in [-0.05, 0) is 64.1 Å². The Kier molecular flexibility index (Phi) is 9.76. The van der Waals surface area contributed by atoms with E-state index in [1.54, 1.807) is 11.3 Å². The molecule has 0 fully saturated rings. The number of rotatable bonds is 5. The Bertz CT molecular complexity index is 3080. The molecule has 0 N–H and O–H groups in total. The molecule has 56 heavy (non-hydrogen) atoms. The van der Waals surface area contributed by atoms with Crippen molar-refractivity contribution in [3.05, 3.63) is 151 Å². The molecule has 1 radical (unpaired) electrons. The molecular formula is C48H40IrN4OSSi-2. The summed E-state index contributed by atoms with van der Waals surface area (Å²) in [4.78, 5) is 15.6. The smallest absolute Gasteiger partial charge is 0.158 e.